The van der Waals surface area contributed by atoms with E-state index in [1.165, 1.54) is 24.0 Å². The summed E-state index contributed by atoms with van der Waals surface area (Å²) in [4.78, 5) is 16.0. The molecule has 1 aromatic rings. The van der Waals surface area contributed by atoms with E-state index >= 15 is 0 Å². The van der Waals surface area contributed by atoms with Crippen LogP contribution in [0.1, 0.15) is 50.3 Å². The molecule has 1 amide bonds. The number of hydrogen-bond acceptors (Lipinski definition) is 2. The Morgan fingerprint density at radius 3 is 2.50 bits per heavy atom. The fourth-order valence-electron chi connectivity index (χ4n) is 3.35. The van der Waals surface area contributed by atoms with Gasteiger partial charge in [0, 0.05) is 32.6 Å². The van der Waals surface area contributed by atoms with Crippen molar-refractivity contribution in [3.05, 3.63) is 34.9 Å². The van der Waals surface area contributed by atoms with Crippen molar-refractivity contribution in [2.75, 3.05) is 27.2 Å². The lowest BCUT2D eigenvalue weighted by atomic mass is 9.85. The van der Waals surface area contributed by atoms with Crippen molar-refractivity contribution in [3.8, 4) is 0 Å². The van der Waals surface area contributed by atoms with Gasteiger partial charge in [-0.1, -0.05) is 39.0 Å². The molecule has 1 spiro atoms. The van der Waals surface area contributed by atoms with Crippen molar-refractivity contribution in [1.29, 1.82) is 0 Å². The Morgan fingerprint density at radius 1 is 1.27 bits per heavy atom. The van der Waals surface area contributed by atoms with Gasteiger partial charge >= 0.3 is 0 Å². The summed E-state index contributed by atoms with van der Waals surface area (Å²) in [6.45, 7) is 8.71. The van der Waals surface area contributed by atoms with E-state index in [2.05, 4.69) is 30.0 Å². The molecule has 0 atom stereocenters. The van der Waals surface area contributed by atoms with Crippen LogP contribution in [0.5, 0.6) is 0 Å². The molecule has 2 aliphatic rings. The molecule has 0 N–H and O–H groups in total. The summed E-state index contributed by atoms with van der Waals surface area (Å²) >= 11 is 0. The molecule has 1 heterocycles. The van der Waals surface area contributed by atoms with Crippen LogP contribution in [-0.2, 0) is 23.2 Å². The van der Waals surface area contributed by atoms with Crippen LogP contribution in [0.25, 0.3) is 0 Å². The molecule has 1 aliphatic carbocycles. The van der Waals surface area contributed by atoms with Crippen LogP contribution < -0.4 is 0 Å². The minimum atomic E-state index is 0.205. The van der Waals surface area contributed by atoms with Gasteiger partial charge in [-0.15, -0.1) is 0 Å². The second-order valence-electron chi connectivity index (χ2n) is 6.56. The van der Waals surface area contributed by atoms with Crippen LogP contribution in [0.3, 0.4) is 0 Å². The van der Waals surface area contributed by atoms with Gasteiger partial charge < -0.3 is 4.90 Å². The first-order valence-corrected chi connectivity index (χ1v) is 8.59. The molecule has 0 saturated heterocycles. The Hall–Kier alpha value is -1.35. The molecule has 1 aliphatic heterocycles. The quantitative estimate of drug-likeness (QED) is 0.856. The normalized spacial score (nSPS) is 18.2. The summed E-state index contributed by atoms with van der Waals surface area (Å²) in [7, 11) is 3.67. The summed E-state index contributed by atoms with van der Waals surface area (Å²) in [6.07, 6.45) is 3.63. The van der Waals surface area contributed by atoms with Crippen LogP contribution >= 0.6 is 0 Å². The zero-order valence-electron chi connectivity index (χ0n) is 14.8. The first-order valence-electron chi connectivity index (χ1n) is 8.59. The average Bonchev–Trinajstić information content (AvgIpc) is 3.28. The smallest absolute Gasteiger partial charge is 0.236 e. The minimum absolute atomic E-state index is 0.205. The fraction of sp³-hybridized carbons (Fsp3) is 0.632. The second kappa shape index (κ2) is 6.82. The Kier molecular flexibility index (Phi) is 5.28. The predicted molar refractivity (Wildman–Crippen MR) is 92.1 cm³/mol. The van der Waals surface area contributed by atoms with Crippen molar-refractivity contribution in [1.82, 2.24) is 9.80 Å². The van der Waals surface area contributed by atoms with E-state index in [1.807, 2.05) is 27.9 Å². The molecule has 1 saturated carbocycles. The van der Waals surface area contributed by atoms with E-state index in [9.17, 15) is 4.79 Å². The molecule has 0 bridgehead atoms. The van der Waals surface area contributed by atoms with Crippen molar-refractivity contribution < 1.29 is 4.79 Å². The zero-order chi connectivity index (χ0) is 16.3. The van der Waals surface area contributed by atoms with Crippen LogP contribution in [0, 0.1) is 0 Å². The summed E-state index contributed by atoms with van der Waals surface area (Å²) in [5, 5.41) is 0. The highest BCUT2D eigenvalue weighted by molar-refractivity contribution is 5.77. The van der Waals surface area contributed by atoms with E-state index in [0.29, 0.717) is 12.0 Å². The lowest BCUT2D eigenvalue weighted by Crippen LogP contribution is -2.43. The van der Waals surface area contributed by atoms with Gasteiger partial charge in [-0.25, -0.2) is 0 Å². The lowest BCUT2D eigenvalue weighted by Gasteiger charge is -2.35. The van der Waals surface area contributed by atoms with Crippen molar-refractivity contribution >= 4 is 5.91 Å². The molecule has 1 fully saturated rings. The number of hydrogen-bond donors (Lipinski definition) is 0. The molecule has 0 unspecified atom stereocenters. The maximum Gasteiger partial charge on any atom is 0.236 e. The van der Waals surface area contributed by atoms with E-state index in [4.69, 9.17) is 0 Å². The van der Waals surface area contributed by atoms with Crippen LogP contribution in [0.2, 0.25) is 0 Å². The SMILES string of the molecule is CC.CCc1ccc2c(c1)CN(CC(=O)N(C)C)CC21CC1. The lowest BCUT2D eigenvalue weighted by molar-refractivity contribution is -0.130. The number of carbonyl (C=O) groups excluding carboxylic acids is 1. The second-order valence-corrected chi connectivity index (χ2v) is 6.56. The van der Waals surface area contributed by atoms with Gasteiger partial charge in [0.1, 0.15) is 0 Å². The van der Waals surface area contributed by atoms with Gasteiger partial charge in [0.05, 0.1) is 6.54 Å². The van der Waals surface area contributed by atoms with Gasteiger partial charge in [-0.3, -0.25) is 9.69 Å². The molecule has 3 nitrogen and oxygen atoms in total. The monoisotopic (exact) mass is 302 g/mol. The number of benzene rings is 1. The zero-order valence-corrected chi connectivity index (χ0v) is 14.8. The van der Waals surface area contributed by atoms with E-state index < -0.39 is 0 Å². The van der Waals surface area contributed by atoms with E-state index in [1.54, 1.807) is 10.5 Å². The first-order chi connectivity index (χ1) is 10.5. The third kappa shape index (κ3) is 3.35. The highest BCUT2D eigenvalue weighted by atomic mass is 16.2. The number of nitrogens with zero attached hydrogens (tertiary/aromatic N) is 2. The van der Waals surface area contributed by atoms with Gasteiger partial charge in [0.25, 0.3) is 0 Å². The minimum Gasteiger partial charge on any atom is -0.348 e. The van der Waals surface area contributed by atoms with E-state index in [-0.39, 0.29) is 5.91 Å². The maximum atomic E-state index is 12.0. The largest absolute Gasteiger partial charge is 0.348 e. The predicted octanol–water partition coefficient (Wildman–Crippen LogP) is 3.21. The summed E-state index contributed by atoms with van der Waals surface area (Å²) in [5.41, 5.74) is 4.75. The molecular formula is C19H30N2O. The molecule has 3 heteroatoms. The number of fused-ring (bicyclic) bond motifs is 2. The number of likely N-dealkylation sites (N-methyl/N-ethyl adjacent to an activating group) is 1. The van der Waals surface area contributed by atoms with Crippen LogP contribution in [0.4, 0.5) is 0 Å². The summed E-state index contributed by atoms with van der Waals surface area (Å²) < 4.78 is 0. The van der Waals surface area contributed by atoms with E-state index in [0.717, 1.165) is 19.5 Å². The number of aryl methyl sites for hydroxylation is 1. The van der Waals surface area contributed by atoms with Crippen molar-refractivity contribution in [3.63, 3.8) is 0 Å². The van der Waals surface area contributed by atoms with Gasteiger partial charge in [0.15, 0.2) is 0 Å². The number of carbonyl (C=O) groups is 1. The molecule has 0 aromatic heterocycles. The number of rotatable bonds is 3. The number of amides is 1. The topological polar surface area (TPSA) is 23.6 Å². The fourth-order valence-corrected chi connectivity index (χ4v) is 3.35. The Bertz CT molecular complexity index is 532. The van der Waals surface area contributed by atoms with Crippen molar-refractivity contribution in [2.24, 2.45) is 0 Å². The standard InChI is InChI=1S/C17H24N2O.C2H6/c1-4-13-5-6-15-14(9-13)10-19(11-16(20)18(2)3)12-17(15)7-8-17;1-2/h5-6,9H,4,7-8,10-12H2,1-3H3;1-2H3. The Balaban J connectivity index is 0.000000847. The summed E-state index contributed by atoms with van der Waals surface area (Å²) in [5.74, 6) is 0.205. The highest BCUT2D eigenvalue weighted by Crippen LogP contribution is 2.52. The average molecular weight is 302 g/mol. The van der Waals surface area contributed by atoms with Crippen LogP contribution in [0.15, 0.2) is 18.2 Å². The molecule has 3 rings (SSSR count). The van der Waals surface area contributed by atoms with Gasteiger partial charge in [-0.05, 0) is 36.0 Å². The molecule has 1 aromatic carbocycles. The molecular weight excluding hydrogens is 272 g/mol. The Labute approximate surface area is 135 Å². The molecule has 22 heavy (non-hydrogen) atoms. The van der Waals surface area contributed by atoms with Crippen molar-refractivity contribution in [2.45, 2.75) is 52.0 Å². The van der Waals surface area contributed by atoms with Crippen LogP contribution in [-0.4, -0.2) is 42.9 Å². The maximum absolute atomic E-state index is 12.0. The summed E-state index contributed by atoms with van der Waals surface area (Å²) in [6, 6.07) is 6.97. The first kappa shape index (κ1) is 17.0. The highest BCUT2D eigenvalue weighted by Gasteiger charge is 2.49. The Morgan fingerprint density at radius 2 is 1.95 bits per heavy atom. The third-order valence-corrected chi connectivity index (χ3v) is 4.78. The van der Waals surface area contributed by atoms with Gasteiger partial charge in [-0.2, -0.15) is 0 Å². The van der Waals surface area contributed by atoms with Gasteiger partial charge in [0.2, 0.25) is 5.91 Å². The third-order valence-electron chi connectivity index (χ3n) is 4.78. The molecule has 122 valence electrons. The molecule has 0 radical (unpaired) electrons.